The first kappa shape index (κ1) is 17.2. The van der Waals surface area contributed by atoms with Gasteiger partial charge >= 0.3 is 5.69 Å². The third-order valence-electron chi connectivity index (χ3n) is 4.23. The van der Waals surface area contributed by atoms with Crippen LogP contribution in [0.1, 0.15) is 40.5 Å². The maximum Gasteiger partial charge on any atom is 0.353 e. The second kappa shape index (κ2) is 6.97. The summed E-state index contributed by atoms with van der Waals surface area (Å²) >= 11 is 0. The molecule has 1 aliphatic rings. The van der Waals surface area contributed by atoms with Crippen LogP contribution in [-0.2, 0) is 0 Å². The molecule has 8 nitrogen and oxygen atoms in total. The Morgan fingerprint density at radius 2 is 2.00 bits per heavy atom. The molecule has 0 aromatic carbocycles. The van der Waals surface area contributed by atoms with Gasteiger partial charge in [-0.05, 0) is 31.6 Å². The quantitative estimate of drug-likeness (QED) is 0.633. The maximum absolute atomic E-state index is 11.4. The van der Waals surface area contributed by atoms with Gasteiger partial charge in [0.25, 0.3) is 0 Å². The molecule has 1 aromatic rings. The molecule has 0 amide bonds. The SMILES string of the molecule is CC[C@@H](C)Nc1nc(N)c([N+](=O)[O-])c(N2C[C@H](C)C[C@H](C)C2)n1. The Hall–Kier alpha value is -2.12. The molecule has 3 N–H and O–H groups in total. The van der Waals surface area contributed by atoms with Crippen molar-refractivity contribution < 1.29 is 4.92 Å². The van der Waals surface area contributed by atoms with E-state index in [9.17, 15) is 10.1 Å². The normalized spacial score (nSPS) is 22.7. The summed E-state index contributed by atoms with van der Waals surface area (Å²) in [5.74, 6) is 1.51. The van der Waals surface area contributed by atoms with E-state index in [2.05, 4.69) is 29.1 Å². The zero-order valence-electron chi connectivity index (χ0n) is 14.2. The molecule has 0 bridgehead atoms. The summed E-state index contributed by atoms with van der Waals surface area (Å²) < 4.78 is 0. The summed E-state index contributed by atoms with van der Waals surface area (Å²) in [6.07, 6.45) is 2.01. The van der Waals surface area contributed by atoms with E-state index < -0.39 is 4.92 Å². The minimum Gasteiger partial charge on any atom is -0.378 e. The fraction of sp³-hybridized carbons (Fsp3) is 0.733. The summed E-state index contributed by atoms with van der Waals surface area (Å²) in [6.45, 7) is 9.83. The highest BCUT2D eigenvalue weighted by atomic mass is 16.6. The van der Waals surface area contributed by atoms with Gasteiger partial charge in [0.2, 0.25) is 17.6 Å². The van der Waals surface area contributed by atoms with Crippen LogP contribution in [0.15, 0.2) is 0 Å². The van der Waals surface area contributed by atoms with Gasteiger partial charge in [0.1, 0.15) is 0 Å². The van der Waals surface area contributed by atoms with E-state index in [1.165, 1.54) is 0 Å². The van der Waals surface area contributed by atoms with Gasteiger partial charge in [-0.15, -0.1) is 0 Å². The monoisotopic (exact) mass is 322 g/mol. The fourth-order valence-electron chi connectivity index (χ4n) is 3.08. The second-order valence-electron chi connectivity index (χ2n) is 6.67. The van der Waals surface area contributed by atoms with Gasteiger partial charge in [-0.25, -0.2) is 0 Å². The molecule has 0 spiro atoms. The number of nitrogen functional groups attached to an aromatic ring is 1. The van der Waals surface area contributed by atoms with Crippen LogP contribution in [0.4, 0.5) is 23.3 Å². The van der Waals surface area contributed by atoms with Gasteiger partial charge in [0.05, 0.1) is 4.92 Å². The van der Waals surface area contributed by atoms with Crippen LogP contribution in [0.2, 0.25) is 0 Å². The van der Waals surface area contributed by atoms with Crippen LogP contribution in [0.25, 0.3) is 0 Å². The first-order valence-corrected chi connectivity index (χ1v) is 8.15. The van der Waals surface area contributed by atoms with E-state index in [0.717, 1.165) is 25.9 Å². The first-order chi connectivity index (χ1) is 10.8. The van der Waals surface area contributed by atoms with Crippen molar-refractivity contribution in [3.05, 3.63) is 10.1 Å². The molecule has 23 heavy (non-hydrogen) atoms. The predicted octanol–water partition coefficient (Wildman–Crippen LogP) is 2.66. The Bertz CT molecular complexity index is 569. The molecule has 8 heteroatoms. The van der Waals surface area contributed by atoms with E-state index in [1.807, 2.05) is 18.7 Å². The van der Waals surface area contributed by atoms with Crippen molar-refractivity contribution in [3.8, 4) is 0 Å². The molecule has 2 rings (SSSR count). The van der Waals surface area contributed by atoms with E-state index in [4.69, 9.17) is 5.73 Å². The average molecular weight is 322 g/mol. The highest BCUT2D eigenvalue weighted by Gasteiger charge is 2.31. The molecule has 128 valence electrons. The highest BCUT2D eigenvalue weighted by molar-refractivity contribution is 5.71. The number of nitrogens with two attached hydrogens (primary N) is 1. The number of aromatic nitrogens is 2. The Kier molecular flexibility index (Phi) is 5.23. The molecular weight excluding hydrogens is 296 g/mol. The van der Waals surface area contributed by atoms with Crippen LogP contribution in [0, 0.1) is 22.0 Å². The number of rotatable bonds is 5. The number of nitrogens with one attached hydrogen (secondary N) is 1. The van der Waals surface area contributed by atoms with Crippen LogP contribution in [0.3, 0.4) is 0 Å². The lowest BCUT2D eigenvalue weighted by atomic mass is 9.92. The largest absolute Gasteiger partial charge is 0.378 e. The Labute approximate surface area is 136 Å². The standard InChI is InChI=1S/C15H26N6O2/c1-5-11(4)17-15-18-13(16)12(21(22)23)14(19-15)20-7-9(2)6-10(3)8-20/h9-11H,5-8H2,1-4H3,(H3,16,17,18,19)/t9-,10+,11-/m1/s1. The zero-order valence-corrected chi connectivity index (χ0v) is 14.2. The summed E-state index contributed by atoms with van der Waals surface area (Å²) in [4.78, 5) is 21.4. The summed E-state index contributed by atoms with van der Waals surface area (Å²) in [6, 6.07) is 0.169. The van der Waals surface area contributed by atoms with Crippen molar-refractivity contribution in [3.63, 3.8) is 0 Å². The number of hydrogen-bond donors (Lipinski definition) is 2. The average Bonchev–Trinajstić information content (AvgIpc) is 2.44. The molecular formula is C15H26N6O2. The van der Waals surface area contributed by atoms with Gasteiger partial charge in [0.15, 0.2) is 0 Å². The summed E-state index contributed by atoms with van der Waals surface area (Å²) in [7, 11) is 0. The van der Waals surface area contributed by atoms with Gasteiger partial charge in [-0.2, -0.15) is 9.97 Å². The van der Waals surface area contributed by atoms with Crippen molar-refractivity contribution >= 4 is 23.3 Å². The van der Waals surface area contributed by atoms with E-state index in [-0.39, 0.29) is 17.5 Å². The molecule has 1 fully saturated rings. The van der Waals surface area contributed by atoms with Gasteiger partial charge in [-0.3, -0.25) is 10.1 Å². The molecule has 1 saturated heterocycles. The van der Waals surface area contributed by atoms with Crippen molar-refractivity contribution in [1.82, 2.24) is 9.97 Å². The lowest BCUT2D eigenvalue weighted by molar-refractivity contribution is -0.383. The molecule has 0 unspecified atom stereocenters. The van der Waals surface area contributed by atoms with Gasteiger partial charge < -0.3 is 16.0 Å². The zero-order chi connectivity index (χ0) is 17.1. The number of anilines is 3. The van der Waals surface area contributed by atoms with E-state index in [0.29, 0.717) is 23.6 Å². The second-order valence-corrected chi connectivity index (χ2v) is 6.67. The lowest BCUT2D eigenvalue weighted by Gasteiger charge is -2.35. The van der Waals surface area contributed by atoms with Crippen LogP contribution in [0.5, 0.6) is 0 Å². The molecule has 1 aromatic heterocycles. The highest BCUT2D eigenvalue weighted by Crippen LogP contribution is 2.35. The molecule has 0 saturated carbocycles. The smallest absolute Gasteiger partial charge is 0.353 e. The molecule has 1 aliphatic heterocycles. The van der Waals surface area contributed by atoms with Gasteiger partial charge in [-0.1, -0.05) is 20.8 Å². The predicted molar refractivity (Wildman–Crippen MR) is 91.6 cm³/mol. The maximum atomic E-state index is 11.4. The third-order valence-corrected chi connectivity index (χ3v) is 4.23. The topological polar surface area (TPSA) is 110 Å². The molecule has 0 radical (unpaired) electrons. The molecule has 0 aliphatic carbocycles. The van der Waals surface area contributed by atoms with Crippen molar-refractivity contribution in [2.24, 2.45) is 11.8 Å². The first-order valence-electron chi connectivity index (χ1n) is 8.15. The van der Waals surface area contributed by atoms with E-state index >= 15 is 0 Å². The van der Waals surface area contributed by atoms with Gasteiger partial charge in [0, 0.05) is 19.1 Å². The summed E-state index contributed by atoms with van der Waals surface area (Å²) in [5.41, 5.74) is 5.66. The fourth-order valence-corrected chi connectivity index (χ4v) is 3.08. The van der Waals surface area contributed by atoms with Crippen molar-refractivity contribution in [2.75, 3.05) is 29.0 Å². The van der Waals surface area contributed by atoms with Crippen LogP contribution >= 0.6 is 0 Å². The number of nitro groups is 1. The van der Waals surface area contributed by atoms with Crippen LogP contribution in [-0.4, -0.2) is 34.0 Å². The lowest BCUT2D eigenvalue weighted by Crippen LogP contribution is -2.39. The molecule has 2 heterocycles. The van der Waals surface area contributed by atoms with Crippen LogP contribution < -0.4 is 16.0 Å². The minimum atomic E-state index is -0.484. The third kappa shape index (κ3) is 4.00. The number of nitrogens with zero attached hydrogens (tertiary/aromatic N) is 4. The Morgan fingerprint density at radius 1 is 1.39 bits per heavy atom. The minimum absolute atomic E-state index is 0.0864. The Morgan fingerprint density at radius 3 is 2.52 bits per heavy atom. The number of piperidine rings is 1. The van der Waals surface area contributed by atoms with Crippen molar-refractivity contribution in [1.29, 1.82) is 0 Å². The van der Waals surface area contributed by atoms with Crippen molar-refractivity contribution in [2.45, 2.75) is 46.6 Å². The molecule has 3 atom stereocenters. The Balaban J connectivity index is 2.43. The summed E-state index contributed by atoms with van der Waals surface area (Å²) in [5, 5.41) is 14.6. The van der Waals surface area contributed by atoms with E-state index in [1.54, 1.807) is 0 Å². The number of hydrogen-bond acceptors (Lipinski definition) is 7.